The molecule has 4 N–H and O–H groups in total. The first-order valence-electron chi connectivity index (χ1n) is 6.79. The van der Waals surface area contributed by atoms with Crippen LogP contribution in [0.5, 0.6) is 0 Å². The van der Waals surface area contributed by atoms with Crippen molar-refractivity contribution in [3.05, 3.63) is 17.7 Å². The number of aromatic nitrogens is 2. The van der Waals surface area contributed by atoms with E-state index in [0.717, 1.165) is 0 Å². The minimum absolute atomic E-state index is 0.0931. The number of carbonyl (C=O) groups is 1. The summed E-state index contributed by atoms with van der Waals surface area (Å²) in [6, 6.07) is -0.0931. The number of nitrogens with one attached hydrogen (secondary N) is 2. The van der Waals surface area contributed by atoms with Gasteiger partial charge in [-0.05, 0) is 13.3 Å². The molecule has 118 valence electrons. The summed E-state index contributed by atoms with van der Waals surface area (Å²) in [6.07, 6.45) is 3.79. The lowest BCUT2D eigenvalue weighted by Gasteiger charge is -2.15. The van der Waals surface area contributed by atoms with Gasteiger partial charge in [0, 0.05) is 34.8 Å². The minimum atomic E-state index is -0.871. The number of amides is 1. The third kappa shape index (κ3) is 5.39. The Bertz CT molecular complexity index is 521. The second-order valence-electron chi connectivity index (χ2n) is 5.23. The second kappa shape index (κ2) is 8.04. The molecular formula is C13H23N5O2S. The van der Waals surface area contributed by atoms with Crippen LogP contribution in [0.3, 0.4) is 0 Å². The number of hydrogen-bond acceptors (Lipinski definition) is 6. The van der Waals surface area contributed by atoms with Crippen LogP contribution < -0.4 is 16.6 Å². The van der Waals surface area contributed by atoms with E-state index in [-0.39, 0.29) is 23.6 Å². The summed E-state index contributed by atoms with van der Waals surface area (Å²) in [5, 5.41) is 2.83. The van der Waals surface area contributed by atoms with Crippen LogP contribution in [0.4, 0.5) is 5.69 Å². The van der Waals surface area contributed by atoms with E-state index in [2.05, 4.69) is 20.7 Å². The molecule has 2 unspecified atom stereocenters. The van der Waals surface area contributed by atoms with Gasteiger partial charge in [0.25, 0.3) is 5.91 Å². The van der Waals surface area contributed by atoms with Crippen LogP contribution in [0.25, 0.3) is 0 Å². The SMILES string of the molecule is CC(CCS(C)=O)NC(=O)c1nc(C(C)C)ncc1NN. The Morgan fingerprint density at radius 3 is 2.62 bits per heavy atom. The van der Waals surface area contributed by atoms with Gasteiger partial charge in [0.1, 0.15) is 5.82 Å². The number of anilines is 1. The zero-order valence-corrected chi connectivity index (χ0v) is 13.7. The molecule has 0 saturated heterocycles. The van der Waals surface area contributed by atoms with Gasteiger partial charge in [0.2, 0.25) is 0 Å². The average Bonchev–Trinajstić information content (AvgIpc) is 2.44. The molecule has 1 rings (SSSR count). The van der Waals surface area contributed by atoms with Crippen molar-refractivity contribution >= 4 is 22.4 Å². The van der Waals surface area contributed by atoms with Gasteiger partial charge in [-0.25, -0.2) is 9.97 Å². The molecule has 1 amide bonds. The van der Waals surface area contributed by atoms with E-state index in [9.17, 15) is 9.00 Å². The van der Waals surface area contributed by atoms with E-state index in [1.165, 1.54) is 6.20 Å². The van der Waals surface area contributed by atoms with Crippen LogP contribution in [-0.4, -0.2) is 38.1 Å². The van der Waals surface area contributed by atoms with Crippen molar-refractivity contribution in [3.8, 4) is 0 Å². The molecule has 1 heterocycles. The van der Waals surface area contributed by atoms with Crippen molar-refractivity contribution in [2.24, 2.45) is 5.84 Å². The Morgan fingerprint density at radius 2 is 2.10 bits per heavy atom. The van der Waals surface area contributed by atoms with Gasteiger partial charge in [-0.2, -0.15) is 0 Å². The van der Waals surface area contributed by atoms with Crippen molar-refractivity contribution in [2.75, 3.05) is 17.4 Å². The van der Waals surface area contributed by atoms with Crippen molar-refractivity contribution in [2.45, 2.75) is 39.2 Å². The number of hydrogen-bond donors (Lipinski definition) is 3. The smallest absolute Gasteiger partial charge is 0.272 e. The molecular weight excluding hydrogens is 290 g/mol. The first-order chi connectivity index (χ1) is 9.85. The van der Waals surface area contributed by atoms with Crippen molar-refractivity contribution in [1.29, 1.82) is 0 Å². The van der Waals surface area contributed by atoms with Crippen LogP contribution in [-0.2, 0) is 10.8 Å². The predicted molar refractivity (Wildman–Crippen MR) is 84.4 cm³/mol. The first-order valence-corrected chi connectivity index (χ1v) is 8.52. The lowest BCUT2D eigenvalue weighted by molar-refractivity contribution is 0.0934. The van der Waals surface area contributed by atoms with E-state index in [0.29, 0.717) is 23.7 Å². The number of carbonyl (C=O) groups excluding carboxylic acids is 1. The Kier molecular flexibility index (Phi) is 6.70. The zero-order chi connectivity index (χ0) is 16.0. The highest BCUT2D eigenvalue weighted by molar-refractivity contribution is 7.84. The molecule has 1 aromatic heterocycles. The molecule has 0 fully saturated rings. The van der Waals surface area contributed by atoms with Gasteiger partial charge < -0.3 is 10.7 Å². The quantitative estimate of drug-likeness (QED) is 0.507. The highest BCUT2D eigenvalue weighted by atomic mass is 32.2. The summed E-state index contributed by atoms with van der Waals surface area (Å²) in [6.45, 7) is 5.77. The van der Waals surface area contributed by atoms with Crippen molar-refractivity contribution in [1.82, 2.24) is 15.3 Å². The molecule has 0 radical (unpaired) electrons. The molecule has 0 aromatic carbocycles. The predicted octanol–water partition coefficient (Wildman–Crippen LogP) is 0.773. The monoisotopic (exact) mass is 313 g/mol. The summed E-state index contributed by atoms with van der Waals surface area (Å²) in [7, 11) is -0.871. The standard InChI is InChI=1S/C13H23N5O2S/c1-8(2)12-15-7-10(18-14)11(17-12)13(19)16-9(3)5-6-21(4)20/h7-9,18H,5-6,14H2,1-4H3,(H,16,19). The van der Waals surface area contributed by atoms with Gasteiger partial charge >= 0.3 is 0 Å². The third-order valence-corrected chi connectivity index (χ3v) is 3.72. The summed E-state index contributed by atoms with van der Waals surface area (Å²) < 4.78 is 11.1. The highest BCUT2D eigenvalue weighted by Crippen LogP contribution is 2.15. The zero-order valence-electron chi connectivity index (χ0n) is 12.8. The van der Waals surface area contributed by atoms with E-state index in [4.69, 9.17) is 5.84 Å². The highest BCUT2D eigenvalue weighted by Gasteiger charge is 2.18. The fraction of sp³-hybridized carbons (Fsp3) is 0.615. The van der Waals surface area contributed by atoms with E-state index >= 15 is 0 Å². The average molecular weight is 313 g/mol. The summed E-state index contributed by atoms with van der Waals surface area (Å²) >= 11 is 0. The Labute approximate surface area is 127 Å². The first kappa shape index (κ1) is 17.5. The Balaban J connectivity index is 2.85. The molecule has 0 aliphatic carbocycles. The molecule has 0 bridgehead atoms. The second-order valence-corrected chi connectivity index (χ2v) is 6.78. The number of nitrogens with zero attached hydrogens (tertiary/aromatic N) is 2. The van der Waals surface area contributed by atoms with Crippen LogP contribution in [0.1, 0.15) is 49.4 Å². The summed E-state index contributed by atoms with van der Waals surface area (Å²) in [5.41, 5.74) is 3.03. The van der Waals surface area contributed by atoms with E-state index in [1.807, 2.05) is 20.8 Å². The van der Waals surface area contributed by atoms with Crippen molar-refractivity contribution < 1.29 is 9.00 Å². The lowest BCUT2D eigenvalue weighted by atomic mass is 10.2. The molecule has 0 spiro atoms. The Hall–Kier alpha value is -1.54. The fourth-order valence-electron chi connectivity index (χ4n) is 1.66. The summed E-state index contributed by atoms with van der Waals surface area (Å²) in [5.74, 6) is 6.32. The van der Waals surface area contributed by atoms with Gasteiger partial charge in [-0.3, -0.25) is 14.8 Å². The van der Waals surface area contributed by atoms with Crippen LogP contribution in [0, 0.1) is 0 Å². The van der Waals surface area contributed by atoms with Crippen LogP contribution in [0.15, 0.2) is 6.20 Å². The number of hydrazine groups is 1. The molecule has 0 saturated carbocycles. The lowest BCUT2D eigenvalue weighted by Crippen LogP contribution is -2.35. The van der Waals surface area contributed by atoms with Gasteiger partial charge in [0.05, 0.1) is 11.9 Å². The molecule has 7 nitrogen and oxygen atoms in total. The number of rotatable bonds is 7. The molecule has 21 heavy (non-hydrogen) atoms. The van der Waals surface area contributed by atoms with E-state index < -0.39 is 10.8 Å². The molecule has 8 heteroatoms. The van der Waals surface area contributed by atoms with Crippen LogP contribution >= 0.6 is 0 Å². The topological polar surface area (TPSA) is 110 Å². The third-order valence-electron chi connectivity index (χ3n) is 2.91. The molecule has 2 atom stereocenters. The van der Waals surface area contributed by atoms with Crippen LogP contribution in [0.2, 0.25) is 0 Å². The normalized spacial score (nSPS) is 13.8. The van der Waals surface area contributed by atoms with Crippen molar-refractivity contribution in [3.63, 3.8) is 0 Å². The van der Waals surface area contributed by atoms with E-state index in [1.54, 1.807) is 6.26 Å². The maximum absolute atomic E-state index is 12.3. The maximum Gasteiger partial charge on any atom is 0.272 e. The number of nitrogen functional groups attached to an aromatic ring is 1. The largest absolute Gasteiger partial charge is 0.348 e. The van der Waals surface area contributed by atoms with Gasteiger partial charge in [-0.1, -0.05) is 13.8 Å². The van der Waals surface area contributed by atoms with Gasteiger partial charge in [-0.15, -0.1) is 0 Å². The Morgan fingerprint density at radius 1 is 1.43 bits per heavy atom. The molecule has 0 aliphatic heterocycles. The molecule has 1 aromatic rings. The maximum atomic E-state index is 12.3. The molecule has 0 aliphatic rings. The summed E-state index contributed by atoms with van der Waals surface area (Å²) in [4.78, 5) is 20.7. The minimum Gasteiger partial charge on any atom is -0.348 e. The fourth-order valence-corrected chi connectivity index (χ4v) is 2.34. The van der Waals surface area contributed by atoms with Gasteiger partial charge in [0.15, 0.2) is 5.69 Å². The number of nitrogens with two attached hydrogens (primary N) is 1.